The van der Waals surface area contributed by atoms with Crippen molar-refractivity contribution >= 4 is 17.8 Å². The number of amides is 2. The molecule has 0 bridgehead atoms. The number of aryl methyl sites for hydroxylation is 1. The van der Waals surface area contributed by atoms with E-state index in [1.54, 1.807) is 52.0 Å². The Morgan fingerprint density at radius 1 is 1.09 bits per heavy atom. The van der Waals surface area contributed by atoms with Crippen LogP contribution in [0.15, 0.2) is 40.1 Å². The lowest BCUT2D eigenvalue weighted by molar-refractivity contribution is -0.156. The fourth-order valence-corrected chi connectivity index (χ4v) is 4.56. The number of carbonyl (C=O) groups is 3. The Morgan fingerprint density at radius 3 is 2.29 bits per heavy atom. The lowest BCUT2D eigenvalue weighted by Gasteiger charge is -2.28. The first-order valence-electron chi connectivity index (χ1n) is 11.2. The molecule has 1 aromatic carbocycles. The summed E-state index contributed by atoms with van der Waals surface area (Å²) in [5.74, 6) is -1.19. The van der Waals surface area contributed by atoms with Crippen LogP contribution in [-0.2, 0) is 9.53 Å². The van der Waals surface area contributed by atoms with E-state index in [9.17, 15) is 24.0 Å². The highest BCUT2D eigenvalue weighted by molar-refractivity contribution is 6.21. The first-order valence-corrected chi connectivity index (χ1v) is 11.2. The van der Waals surface area contributed by atoms with E-state index in [0.29, 0.717) is 29.7 Å². The summed E-state index contributed by atoms with van der Waals surface area (Å²) < 4.78 is 6.91. The van der Waals surface area contributed by atoms with E-state index < -0.39 is 22.8 Å². The number of hydrogen-bond acceptors (Lipinski definition) is 7. The molecular formula is C24H28N4O6. The van der Waals surface area contributed by atoms with Gasteiger partial charge in [0.15, 0.2) is 0 Å². The molecule has 2 aliphatic heterocycles. The zero-order valence-corrected chi connectivity index (χ0v) is 19.7. The van der Waals surface area contributed by atoms with Gasteiger partial charge in [0.25, 0.3) is 17.4 Å². The molecule has 1 saturated heterocycles. The van der Waals surface area contributed by atoms with Crippen LogP contribution >= 0.6 is 0 Å². The lowest BCUT2D eigenvalue weighted by Crippen LogP contribution is -2.45. The molecule has 10 heteroatoms. The van der Waals surface area contributed by atoms with Gasteiger partial charge in [-0.3, -0.25) is 38.5 Å². The number of H-pyrrole nitrogens is 1. The van der Waals surface area contributed by atoms with E-state index in [4.69, 9.17) is 4.74 Å². The van der Waals surface area contributed by atoms with Gasteiger partial charge in [-0.15, -0.1) is 0 Å². The van der Waals surface area contributed by atoms with Crippen LogP contribution < -0.4 is 11.2 Å². The zero-order chi connectivity index (χ0) is 24.8. The van der Waals surface area contributed by atoms with Crippen molar-refractivity contribution < 1.29 is 19.1 Å². The minimum atomic E-state index is -0.665. The smallest absolute Gasteiger partial charge is 0.328 e. The minimum absolute atomic E-state index is 0.0569. The van der Waals surface area contributed by atoms with Gasteiger partial charge >= 0.3 is 11.7 Å². The van der Waals surface area contributed by atoms with Crippen LogP contribution in [-0.4, -0.2) is 68.4 Å². The number of carbonyl (C=O) groups excluding carboxylic acids is 3. The second kappa shape index (κ2) is 8.68. The molecule has 0 aliphatic carbocycles. The average Bonchev–Trinajstić information content (AvgIpc) is 3.24. The van der Waals surface area contributed by atoms with Crippen LogP contribution in [0.5, 0.6) is 0 Å². The number of imide groups is 1. The molecule has 180 valence electrons. The Balaban J connectivity index is 1.60. The van der Waals surface area contributed by atoms with Crippen LogP contribution in [0.1, 0.15) is 59.5 Å². The summed E-state index contributed by atoms with van der Waals surface area (Å²) in [6.07, 6.45) is 1.91. The maximum atomic E-state index is 12.9. The molecule has 2 aromatic rings. The number of hydrogen-bond donors (Lipinski definition) is 1. The Hall–Kier alpha value is -3.53. The quantitative estimate of drug-likeness (QED) is 0.515. The van der Waals surface area contributed by atoms with E-state index in [1.165, 1.54) is 15.7 Å². The maximum absolute atomic E-state index is 12.9. The summed E-state index contributed by atoms with van der Waals surface area (Å²) in [7, 11) is 0. The van der Waals surface area contributed by atoms with Gasteiger partial charge in [0.05, 0.1) is 23.7 Å². The summed E-state index contributed by atoms with van der Waals surface area (Å²) in [4.78, 5) is 68.0. The second-order valence-electron chi connectivity index (χ2n) is 9.80. The molecule has 2 amide bonds. The number of fused-ring (bicyclic) bond motifs is 1. The highest BCUT2D eigenvalue weighted by Gasteiger charge is 2.42. The first-order chi connectivity index (χ1) is 15.9. The molecule has 2 aliphatic rings. The number of ether oxygens (including phenoxy) is 1. The van der Waals surface area contributed by atoms with Crippen LogP contribution in [0, 0.1) is 6.92 Å². The fourth-order valence-electron chi connectivity index (χ4n) is 4.56. The monoisotopic (exact) mass is 468 g/mol. The summed E-state index contributed by atoms with van der Waals surface area (Å²) in [6, 6.07) is 5.92. The summed E-state index contributed by atoms with van der Waals surface area (Å²) >= 11 is 0. The zero-order valence-electron chi connectivity index (χ0n) is 19.7. The molecule has 1 aromatic heterocycles. The van der Waals surface area contributed by atoms with Crippen molar-refractivity contribution in [3.63, 3.8) is 0 Å². The van der Waals surface area contributed by atoms with Gasteiger partial charge in [0.2, 0.25) is 0 Å². The van der Waals surface area contributed by atoms with Gasteiger partial charge in [-0.05, 0) is 46.2 Å². The van der Waals surface area contributed by atoms with Gasteiger partial charge in [0.1, 0.15) is 5.60 Å². The molecule has 2 atom stereocenters. The van der Waals surface area contributed by atoms with Crippen molar-refractivity contribution in [2.45, 2.75) is 51.8 Å². The van der Waals surface area contributed by atoms with Gasteiger partial charge in [0, 0.05) is 30.9 Å². The van der Waals surface area contributed by atoms with Gasteiger partial charge in [-0.2, -0.15) is 0 Å². The standard InChI is InChI=1S/C24H28N4O6/c1-14-10-27(23(33)25-20(14)30)16-9-15(26(11-16)13-19(29)34-24(2,3)4)12-28-21(31)17-7-5-6-8-18(17)22(28)32/h5-8,10,15-16H,9,11-13H2,1-4H3,(H,25,30,33)/t15-,16-/m1/s1. The molecule has 0 radical (unpaired) electrons. The third-order valence-corrected chi connectivity index (χ3v) is 6.07. The number of likely N-dealkylation sites (tertiary alicyclic amines) is 1. The third-order valence-electron chi connectivity index (χ3n) is 6.07. The Morgan fingerprint density at radius 2 is 1.71 bits per heavy atom. The topological polar surface area (TPSA) is 122 Å². The predicted molar refractivity (Wildman–Crippen MR) is 123 cm³/mol. The molecule has 10 nitrogen and oxygen atoms in total. The molecule has 0 spiro atoms. The van der Waals surface area contributed by atoms with Crippen molar-refractivity contribution in [3.8, 4) is 0 Å². The normalized spacial score (nSPS) is 20.6. The Bertz CT molecular complexity index is 1240. The van der Waals surface area contributed by atoms with E-state index in [-0.39, 0.29) is 37.0 Å². The largest absolute Gasteiger partial charge is 0.459 e. The number of benzene rings is 1. The van der Waals surface area contributed by atoms with E-state index in [0.717, 1.165) is 0 Å². The Labute approximate surface area is 196 Å². The van der Waals surface area contributed by atoms with Crippen molar-refractivity contribution in [2.24, 2.45) is 0 Å². The molecular weight excluding hydrogens is 440 g/mol. The highest BCUT2D eigenvalue weighted by Crippen LogP contribution is 2.30. The average molecular weight is 469 g/mol. The van der Waals surface area contributed by atoms with Gasteiger partial charge in [-0.1, -0.05) is 12.1 Å². The molecule has 4 rings (SSSR count). The van der Waals surface area contributed by atoms with E-state index in [2.05, 4.69) is 4.98 Å². The number of esters is 1. The predicted octanol–water partition coefficient (Wildman–Crippen LogP) is 1.10. The van der Waals surface area contributed by atoms with Gasteiger partial charge in [-0.25, -0.2) is 4.79 Å². The van der Waals surface area contributed by atoms with Crippen molar-refractivity contribution in [3.05, 3.63) is 68.0 Å². The number of aromatic amines is 1. The fraction of sp³-hybridized carbons (Fsp3) is 0.458. The summed E-state index contributed by atoms with van der Waals surface area (Å²) in [6.45, 7) is 7.27. The highest BCUT2D eigenvalue weighted by atomic mass is 16.6. The second-order valence-corrected chi connectivity index (χ2v) is 9.80. The minimum Gasteiger partial charge on any atom is -0.459 e. The molecule has 34 heavy (non-hydrogen) atoms. The third kappa shape index (κ3) is 4.58. The van der Waals surface area contributed by atoms with E-state index in [1.807, 2.05) is 4.90 Å². The van der Waals surface area contributed by atoms with Gasteiger partial charge < -0.3 is 4.74 Å². The molecule has 1 fully saturated rings. The van der Waals surface area contributed by atoms with Crippen molar-refractivity contribution in [1.29, 1.82) is 0 Å². The summed E-state index contributed by atoms with van der Waals surface area (Å²) in [5, 5.41) is 0. The molecule has 3 heterocycles. The SMILES string of the molecule is Cc1cn([C@@H]2C[C@H](CN3C(=O)c4ccccc4C3=O)N(CC(=O)OC(C)(C)C)C2)c(=O)[nH]c1=O. The van der Waals surface area contributed by atoms with Crippen LogP contribution in [0.4, 0.5) is 0 Å². The van der Waals surface area contributed by atoms with Crippen LogP contribution in [0.2, 0.25) is 0 Å². The van der Waals surface area contributed by atoms with E-state index >= 15 is 0 Å². The van der Waals surface area contributed by atoms with Crippen molar-refractivity contribution in [2.75, 3.05) is 19.6 Å². The number of aromatic nitrogens is 2. The Kier molecular flexibility index (Phi) is 6.03. The maximum Gasteiger partial charge on any atom is 0.328 e. The van der Waals surface area contributed by atoms with Crippen LogP contribution in [0.25, 0.3) is 0 Å². The van der Waals surface area contributed by atoms with Crippen LogP contribution in [0.3, 0.4) is 0 Å². The van der Waals surface area contributed by atoms with Crippen molar-refractivity contribution in [1.82, 2.24) is 19.4 Å². The molecule has 0 unspecified atom stereocenters. The lowest BCUT2D eigenvalue weighted by atomic mass is 10.1. The first kappa shape index (κ1) is 23.6. The summed E-state index contributed by atoms with van der Waals surface area (Å²) in [5.41, 5.74) is -0.559. The number of nitrogens with zero attached hydrogens (tertiary/aromatic N) is 3. The molecule has 1 N–H and O–H groups in total. The molecule has 0 saturated carbocycles. The number of rotatable bonds is 5. The number of nitrogens with one attached hydrogen (secondary N) is 1.